The Bertz CT molecular complexity index is 712. The third-order valence-electron chi connectivity index (χ3n) is 3.68. The van der Waals surface area contributed by atoms with Crippen molar-refractivity contribution in [2.75, 3.05) is 0 Å². The first-order chi connectivity index (χ1) is 9.00. The zero-order valence-corrected chi connectivity index (χ0v) is 11.7. The minimum absolute atomic E-state index is 0.257. The van der Waals surface area contributed by atoms with Gasteiger partial charge in [0, 0.05) is 11.1 Å². The van der Waals surface area contributed by atoms with Gasteiger partial charge < -0.3 is 5.11 Å². The van der Waals surface area contributed by atoms with Crippen molar-refractivity contribution in [2.45, 2.75) is 25.7 Å². The Morgan fingerprint density at radius 2 is 2.05 bits per heavy atom. The Morgan fingerprint density at radius 1 is 1.37 bits per heavy atom. The highest BCUT2D eigenvalue weighted by molar-refractivity contribution is 6.41. The van der Waals surface area contributed by atoms with Crippen LogP contribution in [-0.4, -0.2) is 16.1 Å². The Labute approximate surface area is 120 Å². The molecule has 3 nitrogen and oxygen atoms in total. The van der Waals surface area contributed by atoms with Crippen LogP contribution in [0.4, 0.5) is 0 Å². The van der Waals surface area contributed by atoms with E-state index in [0.717, 1.165) is 24.1 Å². The zero-order valence-electron chi connectivity index (χ0n) is 10.2. The average Bonchev–Trinajstić information content (AvgIpc) is 2.73. The molecule has 19 heavy (non-hydrogen) atoms. The molecule has 1 heterocycles. The van der Waals surface area contributed by atoms with Gasteiger partial charge in [0.15, 0.2) is 0 Å². The molecule has 1 aliphatic rings. The number of carboxylic acids is 1. The van der Waals surface area contributed by atoms with Gasteiger partial charge >= 0.3 is 5.97 Å². The number of aromatic carboxylic acids is 1. The fraction of sp³-hybridized carbons (Fsp3) is 0.286. The van der Waals surface area contributed by atoms with Gasteiger partial charge in [-0.3, -0.25) is 4.98 Å². The summed E-state index contributed by atoms with van der Waals surface area (Å²) in [6.07, 6.45) is 1.64. The number of nitrogens with zero attached hydrogens (tertiary/aromatic N) is 1. The van der Waals surface area contributed by atoms with Crippen LogP contribution in [0.15, 0.2) is 12.1 Å². The number of pyridine rings is 1. The predicted molar refractivity (Wildman–Crippen MR) is 75.5 cm³/mol. The maximum Gasteiger partial charge on any atom is 0.336 e. The molecule has 2 aromatic rings. The minimum atomic E-state index is -0.970. The Balaban J connectivity index is 2.53. The molecule has 1 aromatic carbocycles. The number of halogens is 2. The fourth-order valence-corrected chi connectivity index (χ4v) is 3.20. The van der Waals surface area contributed by atoms with Crippen LogP contribution < -0.4 is 0 Å². The normalized spacial score (nSPS) is 17.7. The number of aromatic nitrogens is 1. The monoisotopic (exact) mass is 295 g/mol. The molecule has 0 aliphatic heterocycles. The molecule has 0 amide bonds. The molecular formula is C14H11Cl2NO2. The van der Waals surface area contributed by atoms with Crippen LogP contribution in [0, 0.1) is 0 Å². The number of carboxylic acid groups (broad SMARTS) is 1. The average molecular weight is 296 g/mol. The van der Waals surface area contributed by atoms with E-state index in [4.69, 9.17) is 23.2 Å². The second-order valence-electron chi connectivity index (χ2n) is 4.85. The van der Waals surface area contributed by atoms with E-state index in [0.29, 0.717) is 20.9 Å². The molecule has 1 unspecified atom stereocenters. The van der Waals surface area contributed by atoms with Crippen LogP contribution in [-0.2, 0) is 6.42 Å². The summed E-state index contributed by atoms with van der Waals surface area (Å²) in [4.78, 5) is 16.2. The summed E-state index contributed by atoms with van der Waals surface area (Å²) in [5.74, 6) is -0.713. The number of benzene rings is 1. The van der Waals surface area contributed by atoms with Gasteiger partial charge in [-0.1, -0.05) is 30.1 Å². The molecule has 1 aliphatic carbocycles. The lowest BCUT2D eigenvalue weighted by molar-refractivity contribution is 0.0698. The van der Waals surface area contributed by atoms with Crippen LogP contribution in [0.25, 0.3) is 10.9 Å². The summed E-state index contributed by atoms with van der Waals surface area (Å²) in [5.41, 5.74) is 2.39. The van der Waals surface area contributed by atoms with Crippen molar-refractivity contribution in [1.29, 1.82) is 0 Å². The molecule has 1 aromatic heterocycles. The third kappa shape index (κ3) is 1.80. The summed E-state index contributed by atoms with van der Waals surface area (Å²) in [6, 6.07) is 3.27. The number of carbonyl (C=O) groups is 1. The first-order valence-corrected chi connectivity index (χ1v) is 6.80. The second kappa shape index (κ2) is 4.36. The molecule has 1 N–H and O–H groups in total. The topological polar surface area (TPSA) is 50.2 Å². The highest BCUT2D eigenvalue weighted by atomic mass is 35.5. The van der Waals surface area contributed by atoms with Crippen molar-refractivity contribution in [2.24, 2.45) is 0 Å². The van der Waals surface area contributed by atoms with Crippen molar-refractivity contribution >= 4 is 40.1 Å². The SMILES string of the molecule is CC1CCc2c1nc1c(Cl)ccc(Cl)c1c2C(=O)O. The summed E-state index contributed by atoms with van der Waals surface area (Å²) in [7, 11) is 0. The maximum absolute atomic E-state index is 11.6. The largest absolute Gasteiger partial charge is 0.478 e. The number of hydrogen-bond donors (Lipinski definition) is 1. The molecule has 0 spiro atoms. The molecule has 0 saturated heterocycles. The van der Waals surface area contributed by atoms with Gasteiger partial charge in [0.05, 0.1) is 21.1 Å². The number of rotatable bonds is 1. The van der Waals surface area contributed by atoms with E-state index >= 15 is 0 Å². The molecule has 0 saturated carbocycles. The van der Waals surface area contributed by atoms with Gasteiger partial charge in [0.1, 0.15) is 0 Å². The van der Waals surface area contributed by atoms with Crippen LogP contribution in [0.1, 0.15) is 40.9 Å². The van der Waals surface area contributed by atoms with Gasteiger partial charge in [-0.15, -0.1) is 0 Å². The second-order valence-corrected chi connectivity index (χ2v) is 5.66. The molecule has 3 rings (SSSR count). The van der Waals surface area contributed by atoms with Gasteiger partial charge in [-0.2, -0.15) is 0 Å². The highest BCUT2D eigenvalue weighted by Gasteiger charge is 2.29. The molecule has 0 radical (unpaired) electrons. The molecule has 0 bridgehead atoms. The molecule has 0 fully saturated rings. The van der Waals surface area contributed by atoms with Crippen molar-refractivity contribution in [3.05, 3.63) is 39.0 Å². The quantitative estimate of drug-likeness (QED) is 0.854. The Kier molecular flexibility index (Phi) is 2.91. The maximum atomic E-state index is 11.6. The van der Waals surface area contributed by atoms with E-state index in [2.05, 4.69) is 11.9 Å². The predicted octanol–water partition coefficient (Wildman–Crippen LogP) is 4.29. The van der Waals surface area contributed by atoms with Crippen LogP contribution >= 0.6 is 23.2 Å². The third-order valence-corrected chi connectivity index (χ3v) is 4.30. The zero-order chi connectivity index (χ0) is 13.7. The van der Waals surface area contributed by atoms with Crippen LogP contribution in [0.5, 0.6) is 0 Å². The Hall–Kier alpha value is -1.32. The van der Waals surface area contributed by atoms with Gasteiger partial charge in [-0.05, 0) is 36.5 Å². The summed E-state index contributed by atoms with van der Waals surface area (Å²) in [6.45, 7) is 2.05. The van der Waals surface area contributed by atoms with Gasteiger partial charge in [0.25, 0.3) is 0 Å². The van der Waals surface area contributed by atoms with Crippen molar-refractivity contribution in [3.8, 4) is 0 Å². The van der Waals surface area contributed by atoms with Crippen molar-refractivity contribution < 1.29 is 9.90 Å². The smallest absolute Gasteiger partial charge is 0.336 e. The minimum Gasteiger partial charge on any atom is -0.478 e. The van der Waals surface area contributed by atoms with Gasteiger partial charge in [0.2, 0.25) is 0 Å². The first kappa shape index (κ1) is 12.7. The van der Waals surface area contributed by atoms with Gasteiger partial charge in [-0.25, -0.2) is 4.79 Å². The van der Waals surface area contributed by atoms with E-state index in [9.17, 15) is 9.90 Å². The summed E-state index contributed by atoms with van der Waals surface area (Å²) >= 11 is 12.3. The highest BCUT2D eigenvalue weighted by Crippen LogP contribution is 2.40. The van der Waals surface area contributed by atoms with Crippen molar-refractivity contribution in [3.63, 3.8) is 0 Å². The number of hydrogen-bond acceptors (Lipinski definition) is 2. The lowest BCUT2D eigenvalue weighted by Gasteiger charge is -2.12. The molecule has 5 heteroatoms. The molecule has 98 valence electrons. The van der Waals surface area contributed by atoms with E-state index in [1.54, 1.807) is 12.1 Å². The number of fused-ring (bicyclic) bond motifs is 2. The van der Waals surface area contributed by atoms with E-state index < -0.39 is 5.97 Å². The molecular weight excluding hydrogens is 285 g/mol. The van der Waals surface area contributed by atoms with E-state index in [1.165, 1.54) is 0 Å². The summed E-state index contributed by atoms with van der Waals surface area (Å²) < 4.78 is 0. The Morgan fingerprint density at radius 3 is 2.74 bits per heavy atom. The lowest BCUT2D eigenvalue weighted by atomic mass is 10.0. The first-order valence-electron chi connectivity index (χ1n) is 6.04. The van der Waals surface area contributed by atoms with Crippen LogP contribution in [0.3, 0.4) is 0 Å². The van der Waals surface area contributed by atoms with Crippen molar-refractivity contribution in [1.82, 2.24) is 4.98 Å². The van der Waals surface area contributed by atoms with E-state index in [-0.39, 0.29) is 11.5 Å². The molecule has 1 atom stereocenters. The summed E-state index contributed by atoms with van der Waals surface area (Å²) in [5, 5.41) is 10.8. The standard InChI is InChI=1S/C14H11Cl2NO2/c1-6-2-3-7-10(14(18)19)11-8(15)4-5-9(16)13(11)17-12(6)7/h4-6H,2-3H2,1H3,(H,18,19). The fourth-order valence-electron chi connectivity index (χ4n) is 2.75. The lowest BCUT2D eigenvalue weighted by Crippen LogP contribution is -2.06. The van der Waals surface area contributed by atoms with Crippen LogP contribution in [0.2, 0.25) is 10.0 Å². The van der Waals surface area contributed by atoms with E-state index in [1.807, 2.05) is 0 Å².